The van der Waals surface area contributed by atoms with Gasteiger partial charge < -0.3 is 4.42 Å². The molecule has 0 spiro atoms. The van der Waals surface area contributed by atoms with Gasteiger partial charge in [-0.05, 0) is 42.0 Å². The molecule has 5 nitrogen and oxygen atoms in total. The van der Waals surface area contributed by atoms with Crippen LogP contribution in [0.4, 0.5) is 0 Å². The number of aromatic nitrogens is 2. The summed E-state index contributed by atoms with van der Waals surface area (Å²) in [6.45, 7) is 0. The Hall–Kier alpha value is -3.09. The predicted molar refractivity (Wildman–Crippen MR) is 109 cm³/mol. The molecule has 0 aliphatic rings. The van der Waals surface area contributed by atoms with Crippen molar-refractivity contribution >= 4 is 43.6 Å². The molecular formula is C21H13ClN2O3S. The van der Waals surface area contributed by atoms with Crippen molar-refractivity contribution in [2.75, 3.05) is 0 Å². The molecule has 0 radical (unpaired) electrons. The molecule has 2 heterocycles. The number of benzene rings is 3. The molecule has 0 fully saturated rings. The minimum atomic E-state index is -3.78. The number of oxazole rings is 1. The lowest BCUT2D eigenvalue weighted by Gasteiger charge is -2.07. The van der Waals surface area contributed by atoms with E-state index < -0.39 is 10.0 Å². The van der Waals surface area contributed by atoms with Crippen LogP contribution < -0.4 is 0 Å². The van der Waals surface area contributed by atoms with Gasteiger partial charge in [-0.2, -0.15) is 0 Å². The van der Waals surface area contributed by atoms with E-state index in [1.165, 1.54) is 10.4 Å². The summed E-state index contributed by atoms with van der Waals surface area (Å²) in [5.74, 6) is 0. The number of hydrogen-bond acceptors (Lipinski definition) is 4. The van der Waals surface area contributed by atoms with Crippen LogP contribution in [0.5, 0.6) is 0 Å². The third kappa shape index (κ3) is 2.61. The fraction of sp³-hybridized carbons (Fsp3) is 0. The lowest BCUT2D eigenvalue weighted by Crippen LogP contribution is -2.11. The van der Waals surface area contributed by atoms with Crippen LogP contribution in [0.3, 0.4) is 0 Å². The molecule has 0 saturated carbocycles. The summed E-state index contributed by atoms with van der Waals surface area (Å²) in [6, 6.07) is 19.2. The first kappa shape index (κ1) is 17.0. The first-order chi connectivity index (χ1) is 13.5. The zero-order chi connectivity index (χ0) is 19.3. The molecule has 28 heavy (non-hydrogen) atoms. The van der Waals surface area contributed by atoms with Crippen molar-refractivity contribution in [3.8, 4) is 11.1 Å². The van der Waals surface area contributed by atoms with Gasteiger partial charge in [-0.25, -0.2) is 17.4 Å². The Labute approximate surface area is 165 Å². The van der Waals surface area contributed by atoms with E-state index in [0.29, 0.717) is 21.6 Å². The second-order valence-corrected chi connectivity index (χ2v) is 8.60. The number of rotatable bonds is 3. The second-order valence-electron chi connectivity index (χ2n) is 6.35. The van der Waals surface area contributed by atoms with E-state index in [1.54, 1.807) is 48.7 Å². The first-order valence-corrected chi connectivity index (χ1v) is 10.3. The molecule has 3 aromatic carbocycles. The van der Waals surface area contributed by atoms with Crippen molar-refractivity contribution in [1.29, 1.82) is 0 Å². The van der Waals surface area contributed by atoms with E-state index in [4.69, 9.17) is 16.0 Å². The average Bonchev–Trinajstić information content (AvgIpc) is 3.32. The first-order valence-electron chi connectivity index (χ1n) is 8.49. The number of halogens is 1. The van der Waals surface area contributed by atoms with E-state index in [0.717, 1.165) is 16.5 Å². The highest BCUT2D eigenvalue weighted by Crippen LogP contribution is 2.35. The fourth-order valence-corrected chi connectivity index (χ4v) is 4.88. The van der Waals surface area contributed by atoms with Gasteiger partial charge in [0.1, 0.15) is 5.52 Å². The Morgan fingerprint density at radius 2 is 1.79 bits per heavy atom. The lowest BCUT2D eigenvalue weighted by atomic mass is 10.0. The summed E-state index contributed by atoms with van der Waals surface area (Å²) in [5.41, 5.74) is 3.52. The van der Waals surface area contributed by atoms with Crippen LogP contribution in [-0.2, 0) is 10.0 Å². The van der Waals surface area contributed by atoms with Gasteiger partial charge in [0, 0.05) is 22.2 Å². The van der Waals surface area contributed by atoms with E-state index in [1.807, 2.05) is 24.3 Å². The summed E-state index contributed by atoms with van der Waals surface area (Å²) < 4.78 is 33.1. The molecule has 5 rings (SSSR count). The molecule has 5 aromatic rings. The molecule has 0 saturated heterocycles. The smallest absolute Gasteiger partial charge is 0.268 e. The molecule has 0 amide bonds. The van der Waals surface area contributed by atoms with Crippen LogP contribution in [0.1, 0.15) is 0 Å². The van der Waals surface area contributed by atoms with Crippen molar-refractivity contribution in [2.24, 2.45) is 0 Å². The maximum absolute atomic E-state index is 13.3. The van der Waals surface area contributed by atoms with Crippen LogP contribution in [0.15, 0.2) is 88.6 Å². The zero-order valence-electron chi connectivity index (χ0n) is 14.4. The van der Waals surface area contributed by atoms with Crippen LogP contribution in [0.25, 0.3) is 33.1 Å². The van der Waals surface area contributed by atoms with Crippen LogP contribution >= 0.6 is 11.6 Å². The van der Waals surface area contributed by atoms with Gasteiger partial charge in [-0.1, -0.05) is 41.9 Å². The van der Waals surface area contributed by atoms with Gasteiger partial charge in [-0.3, -0.25) is 0 Å². The fourth-order valence-electron chi connectivity index (χ4n) is 3.33. The molecule has 0 atom stereocenters. The van der Waals surface area contributed by atoms with Crippen molar-refractivity contribution in [2.45, 2.75) is 4.90 Å². The molecule has 0 unspecified atom stereocenters. The summed E-state index contributed by atoms with van der Waals surface area (Å²) >= 11 is 6.17. The molecule has 2 aromatic heterocycles. The van der Waals surface area contributed by atoms with E-state index >= 15 is 0 Å². The molecule has 0 aliphatic heterocycles. The summed E-state index contributed by atoms with van der Waals surface area (Å²) in [4.78, 5) is 4.40. The molecule has 0 aliphatic carbocycles. The SMILES string of the molecule is O=S(=O)(c1ccccc1)n1cc(-c2ccc3ocnc3c2)c2ccc(Cl)cc21. The average molecular weight is 409 g/mol. The Morgan fingerprint density at radius 3 is 2.61 bits per heavy atom. The summed E-state index contributed by atoms with van der Waals surface area (Å²) in [5, 5.41) is 1.25. The highest BCUT2D eigenvalue weighted by atomic mass is 35.5. The molecule has 138 valence electrons. The maximum atomic E-state index is 13.3. The van der Waals surface area contributed by atoms with Crippen molar-refractivity contribution < 1.29 is 12.8 Å². The minimum Gasteiger partial charge on any atom is -0.443 e. The Kier molecular flexibility index (Phi) is 3.79. The van der Waals surface area contributed by atoms with Gasteiger partial charge in [0.25, 0.3) is 10.0 Å². The Bertz CT molecular complexity index is 1440. The van der Waals surface area contributed by atoms with Crippen molar-refractivity contribution in [3.05, 3.63) is 84.3 Å². The normalized spacial score (nSPS) is 12.0. The topological polar surface area (TPSA) is 65.1 Å². The zero-order valence-corrected chi connectivity index (χ0v) is 16.0. The third-order valence-corrected chi connectivity index (χ3v) is 6.60. The molecule has 7 heteroatoms. The predicted octanol–water partition coefficient (Wildman–Crippen LogP) is 5.34. The van der Waals surface area contributed by atoms with E-state index in [-0.39, 0.29) is 4.90 Å². The standard InChI is InChI=1S/C21H13ClN2O3S/c22-15-7-8-17-18(14-6-9-21-19(10-14)23-13-27-21)12-24(20(17)11-15)28(25,26)16-4-2-1-3-5-16/h1-13H. The molecular weight excluding hydrogens is 396 g/mol. The van der Waals surface area contributed by atoms with Crippen LogP contribution in [0, 0.1) is 0 Å². The van der Waals surface area contributed by atoms with Crippen LogP contribution in [0.2, 0.25) is 5.02 Å². The van der Waals surface area contributed by atoms with Gasteiger partial charge >= 0.3 is 0 Å². The van der Waals surface area contributed by atoms with Crippen molar-refractivity contribution in [1.82, 2.24) is 8.96 Å². The number of nitrogens with zero attached hydrogens (tertiary/aromatic N) is 2. The lowest BCUT2D eigenvalue weighted by molar-refractivity contribution is 0.589. The second kappa shape index (κ2) is 6.22. The number of fused-ring (bicyclic) bond motifs is 2. The monoisotopic (exact) mass is 408 g/mol. The third-order valence-electron chi connectivity index (χ3n) is 4.68. The van der Waals surface area contributed by atoms with Crippen molar-refractivity contribution in [3.63, 3.8) is 0 Å². The van der Waals surface area contributed by atoms with E-state index in [2.05, 4.69) is 4.98 Å². The minimum absolute atomic E-state index is 0.213. The van der Waals surface area contributed by atoms with Gasteiger partial charge in [0.2, 0.25) is 0 Å². The Morgan fingerprint density at radius 1 is 0.964 bits per heavy atom. The maximum Gasteiger partial charge on any atom is 0.268 e. The summed E-state index contributed by atoms with van der Waals surface area (Å²) in [7, 11) is -3.78. The quantitative estimate of drug-likeness (QED) is 0.404. The van der Waals surface area contributed by atoms with E-state index in [9.17, 15) is 8.42 Å². The van der Waals surface area contributed by atoms with Gasteiger partial charge in [0.05, 0.1) is 10.4 Å². The molecule has 0 bridgehead atoms. The largest absolute Gasteiger partial charge is 0.443 e. The summed E-state index contributed by atoms with van der Waals surface area (Å²) in [6.07, 6.45) is 3.02. The number of hydrogen-bond donors (Lipinski definition) is 0. The van der Waals surface area contributed by atoms with Crippen LogP contribution in [-0.4, -0.2) is 17.4 Å². The molecule has 0 N–H and O–H groups in total. The van der Waals surface area contributed by atoms with Gasteiger partial charge in [0.15, 0.2) is 12.0 Å². The highest BCUT2D eigenvalue weighted by Gasteiger charge is 2.22. The Balaban J connectivity index is 1.80. The highest BCUT2D eigenvalue weighted by molar-refractivity contribution is 7.90. The van der Waals surface area contributed by atoms with Gasteiger partial charge in [-0.15, -0.1) is 0 Å².